The SMILES string of the molecule is COC(=O)C(Cc1ccccc1)NS(=O)(=O)CCNC(C)=O. The Morgan fingerprint density at radius 3 is 2.41 bits per heavy atom. The van der Waals surface area contributed by atoms with Gasteiger partial charge < -0.3 is 10.1 Å². The monoisotopic (exact) mass is 328 g/mol. The average Bonchev–Trinajstić information content (AvgIpc) is 2.46. The van der Waals surface area contributed by atoms with Crippen molar-refractivity contribution >= 4 is 21.9 Å². The Balaban J connectivity index is 2.72. The van der Waals surface area contributed by atoms with Gasteiger partial charge in [-0.25, -0.2) is 13.1 Å². The molecule has 0 saturated carbocycles. The molecule has 1 atom stereocenters. The number of rotatable bonds is 8. The van der Waals surface area contributed by atoms with Gasteiger partial charge in [-0.1, -0.05) is 30.3 Å². The number of benzene rings is 1. The number of methoxy groups -OCH3 is 1. The molecule has 8 heteroatoms. The predicted molar refractivity (Wildman–Crippen MR) is 81.6 cm³/mol. The van der Waals surface area contributed by atoms with Gasteiger partial charge in [0.15, 0.2) is 0 Å². The summed E-state index contributed by atoms with van der Waals surface area (Å²) < 4.78 is 30.9. The summed E-state index contributed by atoms with van der Waals surface area (Å²) in [4.78, 5) is 22.5. The van der Waals surface area contributed by atoms with E-state index in [-0.39, 0.29) is 24.6 Å². The molecule has 1 unspecified atom stereocenters. The molecule has 0 bridgehead atoms. The molecule has 1 rings (SSSR count). The second-order valence-electron chi connectivity index (χ2n) is 4.69. The summed E-state index contributed by atoms with van der Waals surface area (Å²) in [5.74, 6) is -1.29. The van der Waals surface area contributed by atoms with Crippen LogP contribution in [0.25, 0.3) is 0 Å². The fraction of sp³-hybridized carbons (Fsp3) is 0.429. The lowest BCUT2D eigenvalue weighted by Gasteiger charge is -2.16. The highest BCUT2D eigenvalue weighted by Crippen LogP contribution is 2.05. The van der Waals surface area contributed by atoms with Crippen LogP contribution in [-0.2, 0) is 30.8 Å². The molecule has 0 fully saturated rings. The molecule has 2 N–H and O–H groups in total. The van der Waals surface area contributed by atoms with Crippen molar-refractivity contribution in [1.82, 2.24) is 10.0 Å². The molecule has 0 aromatic heterocycles. The first-order valence-electron chi connectivity index (χ1n) is 6.70. The zero-order valence-corrected chi connectivity index (χ0v) is 13.4. The Morgan fingerprint density at radius 2 is 1.86 bits per heavy atom. The first kappa shape index (κ1) is 18.1. The summed E-state index contributed by atoms with van der Waals surface area (Å²) >= 11 is 0. The zero-order valence-electron chi connectivity index (χ0n) is 12.5. The maximum Gasteiger partial charge on any atom is 0.324 e. The Bertz CT molecular complexity index is 601. The van der Waals surface area contributed by atoms with Gasteiger partial charge in [-0.3, -0.25) is 9.59 Å². The highest BCUT2D eigenvalue weighted by atomic mass is 32.2. The lowest BCUT2D eigenvalue weighted by Crippen LogP contribution is -2.45. The van der Waals surface area contributed by atoms with E-state index in [0.29, 0.717) is 0 Å². The van der Waals surface area contributed by atoms with Crippen LogP contribution in [0.4, 0.5) is 0 Å². The summed E-state index contributed by atoms with van der Waals surface area (Å²) in [6.07, 6.45) is 0.187. The number of amides is 1. The van der Waals surface area contributed by atoms with E-state index in [4.69, 9.17) is 0 Å². The molecule has 1 aromatic rings. The van der Waals surface area contributed by atoms with Gasteiger partial charge in [-0.15, -0.1) is 0 Å². The Morgan fingerprint density at radius 1 is 1.23 bits per heavy atom. The van der Waals surface area contributed by atoms with E-state index in [1.807, 2.05) is 6.07 Å². The highest BCUT2D eigenvalue weighted by molar-refractivity contribution is 7.89. The second-order valence-corrected chi connectivity index (χ2v) is 6.56. The van der Waals surface area contributed by atoms with Crippen molar-refractivity contribution in [2.45, 2.75) is 19.4 Å². The Labute approximate surface area is 130 Å². The van der Waals surface area contributed by atoms with E-state index < -0.39 is 22.0 Å². The number of carbonyl (C=O) groups is 2. The molecule has 0 radical (unpaired) electrons. The van der Waals surface area contributed by atoms with Crippen LogP contribution in [0.15, 0.2) is 30.3 Å². The summed E-state index contributed by atoms with van der Waals surface area (Å²) in [7, 11) is -2.52. The van der Waals surface area contributed by atoms with Crippen molar-refractivity contribution in [2.24, 2.45) is 0 Å². The van der Waals surface area contributed by atoms with E-state index >= 15 is 0 Å². The lowest BCUT2D eigenvalue weighted by atomic mass is 10.1. The Hall–Kier alpha value is -1.93. The largest absolute Gasteiger partial charge is 0.468 e. The van der Waals surface area contributed by atoms with Crippen molar-refractivity contribution in [3.63, 3.8) is 0 Å². The number of sulfonamides is 1. The third-order valence-electron chi connectivity index (χ3n) is 2.83. The van der Waals surface area contributed by atoms with Crippen LogP contribution in [0.3, 0.4) is 0 Å². The Kier molecular flexibility index (Phi) is 7.00. The van der Waals surface area contributed by atoms with Crippen LogP contribution in [-0.4, -0.2) is 45.7 Å². The predicted octanol–water partition coefficient (Wildman–Crippen LogP) is -0.174. The number of hydrogen-bond acceptors (Lipinski definition) is 5. The first-order valence-corrected chi connectivity index (χ1v) is 8.35. The number of nitrogens with one attached hydrogen (secondary N) is 2. The van der Waals surface area contributed by atoms with Crippen LogP contribution in [0.2, 0.25) is 0 Å². The maximum atomic E-state index is 12.0. The molecule has 1 aromatic carbocycles. The quantitative estimate of drug-likeness (QED) is 0.645. The molecular formula is C14H20N2O5S. The summed E-state index contributed by atoms with van der Waals surface area (Å²) in [6.45, 7) is 1.27. The molecule has 7 nitrogen and oxygen atoms in total. The van der Waals surface area contributed by atoms with Crippen molar-refractivity contribution in [1.29, 1.82) is 0 Å². The van der Waals surface area contributed by atoms with E-state index in [1.165, 1.54) is 14.0 Å². The van der Waals surface area contributed by atoms with E-state index in [9.17, 15) is 18.0 Å². The molecule has 1 amide bonds. The van der Waals surface area contributed by atoms with Crippen LogP contribution in [0, 0.1) is 0 Å². The van der Waals surface area contributed by atoms with Gasteiger partial charge >= 0.3 is 5.97 Å². The van der Waals surface area contributed by atoms with Gasteiger partial charge in [0, 0.05) is 13.5 Å². The highest BCUT2D eigenvalue weighted by Gasteiger charge is 2.25. The molecule has 0 aliphatic rings. The van der Waals surface area contributed by atoms with Crippen LogP contribution >= 0.6 is 0 Å². The zero-order chi connectivity index (χ0) is 16.6. The number of hydrogen-bond donors (Lipinski definition) is 2. The summed E-state index contributed by atoms with van der Waals surface area (Å²) in [5, 5.41) is 2.39. The molecule has 122 valence electrons. The number of esters is 1. The second kappa shape index (κ2) is 8.50. The van der Waals surface area contributed by atoms with Gasteiger partial charge in [0.25, 0.3) is 0 Å². The maximum absolute atomic E-state index is 12.0. The number of ether oxygens (including phenoxy) is 1. The van der Waals surface area contributed by atoms with Gasteiger partial charge in [-0.05, 0) is 12.0 Å². The molecular weight excluding hydrogens is 308 g/mol. The van der Waals surface area contributed by atoms with Crippen molar-refractivity contribution in [3.8, 4) is 0 Å². The minimum absolute atomic E-state index is 0.0239. The fourth-order valence-electron chi connectivity index (χ4n) is 1.80. The van der Waals surface area contributed by atoms with Crippen molar-refractivity contribution in [2.75, 3.05) is 19.4 Å². The molecule has 0 aliphatic carbocycles. The molecule has 0 saturated heterocycles. The molecule has 0 aliphatic heterocycles. The third-order valence-corrected chi connectivity index (χ3v) is 4.22. The standard InChI is InChI=1S/C14H20N2O5S/c1-11(17)15-8-9-22(19,20)16-13(14(18)21-2)10-12-6-4-3-5-7-12/h3-7,13,16H,8-10H2,1-2H3,(H,15,17). The van der Waals surface area contributed by atoms with Crippen molar-refractivity contribution in [3.05, 3.63) is 35.9 Å². The van der Waals surface area contributed by atoms with Gasteiger partial charge in [-0.2, -0.15) is 0 Å². The van der Waals surface area contributed by atoms with E-state index in [0.717, 1.165) is 5.56 Å². The minimum atomic E-state index is -3.72. The van der Waals surface area contributed by atoms with Crippen molar-refractivity contribution < 1.29 is 22.7 Å². The normalized spacial score (nSPS) is 12.5. The van der Waals surface area contributed by atoms with E-state index in [2.05, 4.69) is 14.8 Å². The van der Waals surface area contributed by atoms with Gasteiger partial charge in [0.2, 0.25) is 15.9 Å². The average molecular weight is 328 g/mol. The van der Waals surface area contributed by atoms with E-state index in [1.54, 1.807) is 24.3 Å². The van der Waals surface area contributed by atoms with Crippen LogP contribution in [0.1, 0.15) is 12.5 Å². The molecule has 0 heterocycles. The third kappa shape index (κ3) is 6.68. The number of carbonyl (C=O) groups excluding carboxylic acids is 2. The van der Waals surface area contributed by atoms with Crippen LogP contribution < -0.4 is 10.0 Å². The summed E-state index contributed by atoms with van der Waals surface area (Å²) in [5.41, 5.74) is 0.808. The minimum Gasteiger partial charge on any atom is -0.468 e. The summed E-state index contributed by atoms with van der Waals surface area (Å²) in [6, 6.07) is 8.01. The fourth-order valence-corrected chi connectivity index (χ4v) is 2.90. The van der Waals surface area contributed by atoms with Crippen LogP contribution in [0.5, 0.6) is 0 Å². The topological polar surface area (TPSA) is 102 Å². The first-order chi connectivity index (χ1) is 10.3. The smallest absolute Gasteiger partial charge is 0.324 e. The molecule has 0 spiro atoms. The molecule has 22 heavy (non-hydrogen) atoms. The lowest BCUT2D eigenvalue weighted by molar-refractivity contribution is -0.142. The van der Waals surface area contributed by atoms with Gasteiger partial charge in [0.05, 0.1) is 12.9 Å². The van der Waals surface area contributed by atoms with Gasteiger partial charge in [0.1, 0.15) is 6.04 Å².